The van der Waals surface area contributed by atoms with Gasteiger partial charge in [-0.15, -0.1) is 0 Å². The molecule has 1 fully saturated rings. The molecule has 0 aliphatic carbocycles. The molecule has 0 aromatic heterocycles. The van der Waals surface area contributed by atoms with Crippen molar-refractivity contribution in [3.63, 3.8) is 0 Å². The first kappa shape index (κ1) is 22.2. The van der Waals surface area contributed by atoms with Gasteiger partial charge in [0.1, 0.15) is 5.75 Å². The summed E-state index contributed by atoms with van der Waals surface area (Å²) in [4.78, 5) is 2.57. The summed E-state index contributed by atoms with van der Waals surface area (Å²) in [6.07, 6.45) is 4.01. The van der Waals surface area contributed by atoms with Crippen molar-refractivity contribution in [1.29, 1.82) is 0 Å². The summed E-state index contributed by atoms with van der Waals surface area (Å²) in [7, 11) is 10.3. The summed E-state index contributed by atoms with van der Waals surface area (Å²) in [6, 6.07) is 12.6. The number of phenols is 1. The second-order valence-electron chi connectivity index (χ2n) is 6.71. The fraction of sp³-hybridized carbons (Fsp3) is 0.400. The van der Waals surface area contributed by atoms with E-state index < -0.39 is 17.0 Å². The molecule has 140 valence electrons. The SMILES string of the molecule is Cc1ccc(Pc2cc(C)ccc2O)c(CN2CCCCC2)c1.[Cl][Ti][Cl]. The molecule has 1 atom stereocenters. The Hall–Kier alpha value is -0.0757. The van der Waals surface area contributed by atoms with Crippen LogP contribution in [0.5, 0.6) is 5.75 Å². The summed E-state index contributed by atoms with van der Waals surface area (Å²) < 4.78 is 0. The monoisotopic (exact) mass is 445 g/mol. The second kappa shape index (κ2) is 11.7. The summed E-state index contributed by atoms with van der Waals surface area (Å²) in [5.74, 6) is 0.415. The number of piperidine rings is 1. The minimum atomic E-state index is -0.556. The van der Waals surface area contributed by atoms with Crippen LogP contribution in [0.2, 0.25) is 0 Å². The zero-order valence-corrected chi connectivity index (χ0v) is 19.4. The van der Waals surface area contributed by atoms with Crippen LogP contribution in [0.15, 0.2) is 36.4 Å². The molecule has 0 amide bonds. The molecule has 0 spiro atoms. The van der Waals surface area contributed by atoms with Gasteiger partial charge in [0, 0.05) is 11.8 Å². The van der Waals surface area contributed by atoms with Crippen LogP contribution in [-0.2, 0) is 23.6 Å². The van der Waals surface area contributed by atoms with Gasteiger partial charge in [-0.2, -0.15) is 0 Å². The van der Waals surface area contributed by atoms with Crippen molar-refractivity contribution in [2.45, 2.75) is 39.7 Å². The molecule has 26 heavy (non-hydrogen) atoms. The van der Waals surface area contributed by atoms with Gasteiger partial charge in [-0.25, -0.2) is 0 Å². The van der Waals surface area contributed by atoms with E-state index in [-0.39, 0.29) is 0 Å². The summed E-state index contributed by atoms with van der Waals surface area (Å²) >= 11 is -0.556. The Bertz CT molecular complexity index is 708. The number of aryl methyl sites for hydroxylation is 2. The number of rotatable bonds is 4. The number of hydrogen-bond donors (Lipinski definition) is 1. The number of aromatic hydroxyl groups is 1. The Labute approximate surface area is 175 Å². The minimum absolute atomic E-state index is 0.415. The maximum atomic E-state index is 10.2. The van der Waals surface area contributed by atoms with Crippen LogP contribution in [0.25, 0.3) is 0 Å². The summed E-state index contributed by atoms with van der Waals surface area (Å²) in [5.41, 5.74) is 3.94. The third kappa shape index (κ3) is 7.15. The molecular formula is C20H26Cl2NOPTi. The standard InChI is InChI=1S/C20H26NOP.2ClH.Ti/c1-15-7-9-19(23-20-13-16(2)6-8-18(20)22)17(12-15)14-21-10-4-3-5-11-21;;;/h6-9,12-13,22-23H,3-5,10-11,14H2,1-2H3;2*1H;/q;;;+2/p-2. The molecule has 1 saturated heterocycles. The van der Waals surface area contributed by atoms with E-state index in [1.807, 2.05) is 12.1 Å². The van der Waals surface area contributed by atoms with Crippen LogP contribution in [0, 0.1) is 13.8 Å². The number of nitrogens with zero attached hydrogens (tertiary/aromatic N) is 1. The Balaban J connectivity index is 0.000000758. The van der Waals surface area contributed by atoms with E-state index in [0.29, 0.717) is 14.3 Å². The van der Waals surface area contributed by atoms with Crippen LogP contribution in [0.3, 0.4) is 0 Å². The molecule has 1 aliphatic heterocycles. The van der Waals surface area contributed by atoms with E-state index >= 15 is 0 Å². The van der Waals surface area contributed by atoms with Gasteiger partial charge in [0.05, 0.1) is 0 Å². The van der Waals surface area contributed by atoms with Crippen LogP contribution >= 0.6 is 27.2 Å². The third-order valence-corrected chi connectivity index (χ3v) is 5.95. The van der Waals surface area contributed by atoms with Crippen LogP contribution in [-0.4, -0.2) is 23.1 Å². The first-order valence-corrected chi connectivity index (χ1v) is 14.2. The van der Waals surface area contributed by atoms with Crippen molar-refractivity contribution in [3.05, 3.63) is 53.1 Å². The Kier molecular flexibility index (Phi) is 9.99. The van der Waals surface area contributed by atoms with Gasteiger partial charge in [0.25, 0.3) is 0 Å². The molecule has 1 aliphatic rings. The molecule has 0 saturated carbocycles. The average molecular weight is 446 g/mol. The van der Waals surface area contributed by atoms with Crippen molar-refractivity contribution in [3.8, 4) is 5.75 Å². The number of benzene rings is 2. The van der Waals surface area contributed by atoms with E-state index in [1.54, 1.807) is 0 Å². The Morgan fingerprint density at radius 1 is 0.962 bits per heavy atom. The fourth-order valence-electron chi connectivity index (χ4n) is 3.23. The molecule has 0 radical (unpaired) electrons. The number of halogens is 2. The van der Waals surface area contributed by atoms with Crippen LogP contribution < -0.4 is 10.6 Å². The fourth-order valence-corrected chi connectivity index (χ4v) is 4.51. The molecule has 1 N–H and O–H groups in total. The Morgan fingerprint density at radius 2 is 1.58 bits per heavy atom. The normalized spacial score (nSPS) is 14.9. The number of likely N-dealkylation sites (tertiary alicyclic amines) is 1. The first-order chi connectivity index (χ1) is 12.5. The van der Waals surface area contributed by atoms with Crippen molar-refractivity contribution in [2.75, 3.05) is 13.1 Å². The third-order valence-electron chi connectivity index (χ3n) is 4.52. The number of phenolic OH excluding ortho intramolecular Hbond substituents is 1. The van der Waals surface area contributed by atoms with Gasteiger partial charge in [-0.3, -0.25) is 4.90 Å². The van der Waals surface area contributed by atoms with E-state index in [4.69, 9.17) is 18.6 Å². The second-order valence-corrected chi connectivity index (χ2v) is 10.6. The van der Waals surface area contributed by atoms with Crippen molar-refractivity contribution < 1.29 is 22.1 Å². The zero-order valence-electron chi connectivity index (χ0n) is 15.4. The van der Waals surface area contributed by atoms with Gasteiger partial charge >= 0.3 is 35.6 Å². The van der Waals surface area contributed by atoms with Gasteiger partial charge in [-0.05, 0) is 62.8 Å². The molecule has 3 rings (SSSR count). The van der Waals surface area contributed by atoms with Crippen molar-refractivity contribution in [1.82, 2.24) is 4.90 Å². The summed E-state index contributed by atoms with van der Waals surface area (Å²) in [6.45, 7) is 7.71. The van der Waals surface area contributed by atoms with Gasteiger partial charge in [0.2, 0.25) is 0 Å². The average Bonchev–Trinajstić information content (AvgIpc) is 2.62. The predicted octanol–water partition coefficient (Wildman–Crippen LogP) is 5.00. The van der Waals surface area contributed by atoms with Gasteiger partial charge in [0.15, 0.2) is 0 Å². The van der Waals surface area contributed by atoms with Crippen LogP contribution in [0.1, 0.15) is 36.0 Å². The maximum absolute atomic E-state index is 10.2. The van der Waals surface area contributed by atoms with Crippen LogP contribution in [0.4, 0.5) is 0 Å². The van der Waals surface area contributed by atoms with E-state index in [0.717, 1.165) is 11.8 Å². The van der Waals surface area contributed by atoms with E-state index in [9.17, 15) is 5.11 Å². The number of hydrogen-bond acceptors (Lipinski definition) is 2. The quantitative estimate of drug-likeness (QED) is 0.528. The van der Waals surface area contributed by atoms with Crippen molar-refractivity contribution >= 4 is 37.8 Å². The molecule has 2 nitrogen and oxygen atoms in total. The van der Waals surface area contributed by atoms with Crippen molar-refractivity contribution in [2.24, 2.45) is 0 Å². The van der Waals surface area contributed by atoms with Gasteiger partial charge in [-0.1, -0.05) is 50.4 Å². The topological polar surface area (TPSA) is 23.5 Å². The molecule has 1 unspecified atom stereocenters. The molecule has 2 aromatic rings. The molecule has 6 heteroatoms. The Morgan fingerprint density at radius 3 is 2.27 bits per heavy atom. The summed E-state index contributed by atoms with van der Waals surface area (Å²) in [5, 5.41) is 12.6. The van der Waals surface area contributed by atoms with Gasteiger partial charge < -0.3 is 5.11 Å². The molecule has 1 heterocycles. The molecule has 2 aromatic carbocycles. The van der Waals surface area contributed by atoms with E-state index in [2.05, 4.69) is 43.0 Å². The zero-order chi connectivity index (χ0) is 18.9. The van der Waals surface area contributed by atoms with E-state index in [1.165, 1.54) is 54.3 Å². The molecule has 0 bridgehead atoms. The first-order valence-electron chi connectivity index (χ1n) is 8.88. The predicted molar refractivity (Wildman–Crippen MR) is 112 cm³/mol. The molecular weight excluding hydrogens is 420 g/mol.